The monoisotopic (exact) mass is 730 g/mol. The van der Waals surface area contributed by atoms with Crippen LogP contribution in [0.25, 0.3) is 83.4 Å². The van der Waals surface area contributed by atoms with E-state index in [0.717, 1.165) is 83.5 Å². The minimum absolute atomic E-state index is 0.202. The smallest absolute Gasteiger partial charge is 0.299 e. The molecule has 268 valence electrons. The van der Waals surface area contributed by atoms with Gasteiger partial charge in [0.15, 0.2) is 0 Å². The normalized spacial score (nSPS) is 11.9. The zero-order chi connectivity index (χ0) is 37.9. The number of furan rings is 1. The van der Waals surface area contributed by atoms with Crippen LogP contribution in [0.4, 0.5) is 17.1 Å². The number of fused-ring (bicyclic) bond motifs is 8. The van der Waals surface area contributed by atoms with Crippen molar-refractivity contribution in [1.82, 2.24) is 4.57 Å². The summed E-state index contributed by atoms with van der Waals surface area (Å²) in [6.07, 6.45) is 0. The highest BCUT2D eigenvalue weighted by Gasteiger charge is 2.28. The highest BCUT2D eigenvalue weighted by Crippen LogP contribution is 2.50. The molecule has 2 aromatic heterocycles. The van der Waals surface area contributed by atoms with E-state index in [0.29, 0.717) is 11.3 Å². The van der Waals surface area contributed by atoms with Crippen molar-refractivity contribution in [3.05, 3.63) is 217 Å². The molecule has 0 aliphatic carbocycles. The average Bonchev–Trinajstić information content (AvgIpc) is 3.75. The van der Waals surface area contributed by atoms with Gasteiger partial charge in [0.25, 0.3) is 5.56 Å². The second-order valence-electron chi connectivity index (χ2n) is 14.4. The van der Waals surface area contributed by atoms with Gasteiger partial charge in [0.1, 0.15) is 5.76 Å². The molecule has 11 rings (SSSR count). The predicted octanol–water partition coefficient (Wildman–Crippen LogP) is 13.9. The maximum absolute atomic E-state index is 15.2. The lowest BCUT2D eigenvalue weighted by Crippen LogP contribution is -2.21. The van der Waals surface area contributed by atoms with Crippen LogP contribution < -0.4 is 10.5 Å². The lowest BCUT2D eigenvalue weighted by Gasteiger charge is -2.32. The van der Waals surface area contributed by atoms with Crippen LogP contribution >= 0.6 is 0 Å². The summed E-state index contributed by atoms with van der Waals surface area (Å²) in [5.41, 5.74) is 14.1. The van der Waals surface area contributed by atoms with Crippen LogP contribution in [0.2, 0.25) is 0 Å². The van der Waals surface area contributed by atoms with Crippen molar-refractivity contribution in [2.24, 2.45) is 0 Å². The molecule has 0 bridgehead atoms. The highest BCUT2D eigenvalue weighted by molar-refractivity contribution is 6.13. The molecule has 1 aliphatic rings. The summed E-state index contributed by atoms with van der Waals surface area (Å²) < 4.78 is 8.42. The van der Waals surface area contributed by atoms with E-state index in [1.54, 1.807) is 0 Å². The van der Waals surface area contributed by atoms with Gasteiger partial charge in [-0.1, -0.05) is 164 Å². The first kappa shape index (κ1) is 32.7. The number of hydrogen-bond acceptors (Lipinski definition) is 3. The molecule has 10 aromatic rings. The third-order valence-electron chi connectivity index (χ3n) is 11.2. The summed E-state index contributed by atoms with van der Waals surface area (Å²) in [5.74, 6) is 0.659. The number of anilines is 3. The van der Waals surface area contributed by atoms with Crippen LogP contribution in [0.1, 0.15) is 0 Å². The molecule has 3 heterocycles. The molecule has 0 radical (unpaired) electrons. The number of para-hydroxylation sites is 3. The first-order valence-electron chi connectivity index (χ1n) is 19.2. The number of pyridine rings is 1. The number of nitrogens with zero attached hydrogens (tertiary/aromatic N) is 2. The van der Waals surface area contributed by atoms with Crippen molar-refractivity contribution >= 4 is 38.9 Å². The molecule has 4 nitrogen and oxygen atoms in total. The van der Waals surface area contributed by atoms with Crippen LogP contribution in [-0.4, -0.2) is 4.57 Å². The third kappa shape index (κ3) is 5.34. The van der Waals surface area contributed by atoms with Gasteiger partial charge in [-0.15, -0.1) is 0 Å². The van der Waals surface area contributed by atoms with Crippen molar-refractivity contribution in [3.63, 3.8) is 0 Å². The van der Waals surface area contributed by atoms with E-state index in [2.05, 4.69) is 150 Å². The molecule has 8 aromatic carbocycles. The minimum atomic E-state index is -0.202. The van der Waals surface area contributed by atoms with Crippen molar-refractivity contribution in [1.29, 1.82) is 0 Å². The second-order valence-corrected chi connectivity index (χ2v) is 14.4. The van der Waals surface area contributed by atoms with Gasteiger partial charge in [0.2, 0.25) is 5.58 Å². The summed E-state index contributed by atoms with van der Waals surface area (Å²) >= 11 is 0. The van der Waals surface area contributed by atoms with Crippen LogP contribution in [0, 0.1) is 0 Å². The summed E-state index contributed by atoms with van der Waals surface area (Å²) in [6.45, 7) is 0. The SMILES string of the molecule is O=c1c2oc(-c3ccccc3)cc2c2cccc3c2n1-c1ccccc1-c1ccccc1N(c1ccc(-c2ccccc2)cc1)c1ccc(-c2ccccc2)cc1-3. The van der Waals surface area contributed by atoms with Gasteiger partial charge in [-0.2, -0.15) is 0 Å². The molecule has 0 saturated heterocycles. The standard InChI is InChI=1S/C53H34N2O2/c56-53-52-46(34-50(57-52)38-19-8-3-9-20-38)44-24-14-23-43-45-33-39(36-17-6-2-7-18-36)29-32-49(45)54(40-30-27-37(28-31-40)35-15-4-1-5-16-35)47-25-12-10-21-41(47)42-22-11-13-26-48(42)55(53)51(43)44/h1-34H. The highest BCUT2D eigenvalue weighted by atomic mass is 16.3. The van der Waals surface area contributed by atoms with Crippen LogP contribution in [-0.2, 0) is 0 Å². The van der Waals surface area contributed by atoms with Crippen molar-refractivity contribution in [2.45, 2.75) is 0 Å². The Morgan fingerprint density at radius 2 is 0.895 bits per heavy atom. The molecule has 1 aliphatic heterocycles. The molecule has 57 heavy (non-hydrogen) atoms. The van der Waals surface area contributed by atoms with Gasteiger partial charge >= 0.3 is 0 Å². The van der Waals surface area contributed by atoms with Crippen molar-refractivity contribution in [3.8, 4) is 61.5 Å². The summed E-state index contributed by atoms with van der Waals surface area (Å²) in [6, 6.07) is 71.7. The van der Waals surface area contributed by atoms with E-state index in [-0.39, 0.29) is 5.56 Å². The van der Waals surface area contributed by atoms with Gasteiger partial charge < -0.3 is 9.32 Å². The second kappa shape index (κ2) is 13.3. The fourth-order valence-electron chi connectivity index (χ4n) is 8.54. The van der Waals surface area contributed by atoms with E-state index in [4.69, 9.17) is 4.42 Å². The molecule has 0 amide bonds. The molecule has 4 heteroatoms. The maximum atomic E-state index is 15.2. The zero-order valence-corrected chi connectivity index (χ0v) is 30.8. The number of aromatic nitrogens is 1. The Morgan fingerprint density at radius 1 is 0.368 bits per heavy atom. The molecule has 0 atom stereocenters. The first-order chi connectivity index (χ1) is 28.2. The number of rotatable bonds is 4. The van der Waals surface area contributed by atoms with Gasteiger partial charge in [-0.3, -0.25) is 9.36 Å². The third-order valence-corrected chi connectivity index (χ3v) is 11.2. The minimum Gasteiger partial charge on any atom is -0.450 e. The fourth-order valence-corrected chi connectivity index (χ4v) is 8.54. The summed E-state index contributed by atoms with van der Waals surface area (Å²) in [7, 11) is 0. The Hall–Kier alpha value is -7.69. The molecular formula is C53H34N2O2. The fraction of sp³-hybridized carbons (Fsp3) is 0. The van der Waals surface area contributed by atoms with Crippen LogP contribution in [0.3, 0.4) is 0 Å². The molecule has 0 spiro atoms. The molecule has 0 saturated carbocycles. The Bertz CT molecular complexity index is 3180. The number of hydrogen-bond donors (Lipinski definition) is 0. The Labute approximate surface area is 329 Å². The quantitative estimate of drug-likeness (QED) is 0.181. The topological polar surface area (TPSA) is 38.4 Å². The van der Waals surface area contributed by atoms with Gasteiger partial charge in [0, 0.05) is 44.3 Å². The maximum Gasteiger partial charge on any atom is 0.299 e. The van der Waals surface area contributed by atoms with E-state index in [1.165, 1.54) is 5.56 Å². The Balaban J connectivity index is 1.29. The van der Waals surface area contributed by atoms with Gasteiger partial charge in [0.05, 0.1) is 22.6 Å². The lowest BCUT2D eigenvalue weighted by atomic mass is 9.91. The van der Waals surface area contributed by atoms with E-state index in [9.17, 15) is 0 Å². The Morgan fingerprint density at radius 3 is 1.60 bits per heavy atom. The van der Waals surface area contributed by atoms with Gasteiger partial charge in [-0.05, 0) is 64.7 Å². The molecular weight excluding hydrogens is 697 g/mol. The first-order valence-corrected chi connectivity index (χ1v) is 19.2. The molecule has 0 fully saturated rings. The van der Waals surface area contributed by atoms with Crippen molar-refractivity contribution in [2.75, 3.05) is 4.90 Å². The van der Waals surface area contributed by atoms with Crippen molar-refractivity contribution < 1.29 is 4.42 Å². The lowest BCUT2D eigenvalue weighted by molar-refractivity contribution is 0.624. The van der Waals surface area contributed by atoms with E-state index < -0.39 is 0 Å². The zero-order valence-electron chi connectivity index (χ0n) is 30.8. The van der Waals surface area contributed by atoms with Crippen LogP contribution in [0.15, 0.2) is 215 Å². The number of benzene rings is 8. The summed E-state index contributed by atoms with van der Waals surface area (Å²) in [5, 5.41) is 1.72. The largest absolute Gasteiger partial charge is 0.450 e. The predicted molar refractivity (Wildman–Crippen MR) is 235 cm³/mol. The average molecular weight is 731 g/mol. The van der Waals surface area contributed by atoms with Gasteiger partial charge in [-0.25, -0.2) is 0 Å². The van der Waals surface area contributed by atoms with E-state index in [1.807, 2.05) is 65.2 Å². The molecule has 0 unspecified atom stereocenters. The Kier molecular flexibility index (Phi) is 7.61. The molecule has 0 N–H and O–H groups in total. The van der Waals surface area contributed by atoms with Crippen LogP contribution in [0.5, 0.6) is 0 Å². The van der Waals surface area contributed by atoms with E-state index >= 15 is 4.79 Å². The summed E-state index contributed by atoms with van der Waals surface area (Å²) in [4.78, 5) is 17.6.